The van der Waals surface area contributed by atoms with Gasteiger partial charge in [0.05, 0.1) is 23.5 Å². The molecule has 128 valence electrons. The molecule has 1 aromatic rings. The lowest BCUT2D eigenvalue weighted by atomic mass is 9.69. The van der Waals surface area contributed by atoms with E-state index in [2.05, 4.69) is 21.9 Å². The number of benzene rings is 1. The third kappa shape index (κ3) is 2.57. The molecule has 0 fully saturated rings. The van der Waals surface area contributed by atoms with E-state index in [4.69, 9.17) is 26.9 Å². The van der Waals surface area contributed by atoms with Gasteiger partial charge in [-0.1, -0.05) is 16.8 Å². The Labute approximate surface area is 146 Å². The van der Waals surface area contributed by atoms with Crippen LogP contribution in [0.2, 0.25) is 5.02 Å². The van der Waals surface area contributed by atoms with E-state index in [0.29, 0.717) is 33.6 Å². The summed E-state index contributed by atoms with van der Waals surface area (Å²) in [4.78, 5) is 13.4. The highest BCUT2D eigenvalue weighted by Crippen LogP contribution is 2.47. The minimum absolute atomic E-state index is 0.365. The van der Waals surface area contributed by atoms with Gasteiger partial charge in [-0.25, -0.2) is 0 Å². The van der Waals surface area contributed by atoms with Gasteiger partial charge in [-0.15, -0.1) is 0 Å². The van der Waals surface area contributed by atoms with E-state index in [9.17, 15) is 0 Å². The van der Waals surface area contributed by atoms with Crippen LogP contribution in [0.1, 0.15) is 25.0 Å². The van der Waals surface area contributed by atoms with Crippen LogP contribution in [-0.2, 0) is 4.84 Å². The molecule has 0 bridgehead atoms. The van der Waals surface area contributed by atoms with Gasteiger partial charge in [0, 0.05) is 29.2 Å². The molecular formula is C17H21ClN4O2. The van der Waals surface area contributed by atoms with E-state index in [-0.39, 0.29) is 0 Å². The van der Waals surface area contributed by atoms with Crippen molar-refractivity contribution in [3.63, 3.8) is 0 Å². The predicted molar refractivity (Wildman–Crippen MR) is 99.3 cm³/mol. The van der Waals surface area contributed by atoms with Gasteiger partial charge >= 0.3 is 0 Å². The summed E-state index contributed by atoms with van der Waals surface area (Å²) in [6.07, 6.45) is 0. The van der Waals surface area contributed by atoms with Crippen molar-refractivity contribution in [2.24, 2.45) is 26.3 Å². The molecule has 0 spiro atoms. The molecular weight excluding hydrogens is 328 g/mol. The van der Waals surface area contributed by atoms with Crippen molar-refractivity contribution in [2.75, 3.05) is 21.3 Å². The number of fused-ring (bicyclic) bond motifs is 1. The maximum Gasteiger partial charge on any atom is 0.138 e. The standard InChI is InChI=1S/C17H21ClN4O2/c1-17(2)12(16(19)21-4)14(20-3)9-7-8-10(23-5)13(18)11(9)15(17)22-24-6/h7-8H,3H2,1-2,4-6H3,(H2,19,21)/b22-15-. The Bertz CT molecular complexity index is 779. The third-order valence-electron chi connectivity index (χ3n) is 4.11. The average molecular weight is 349 g/mol. The van der Waals surface area contributed by atoms with Gasteiger partial charge in [0.2, 0.25) is 0 Å². The summed E-state index contributed by atoms with van der Waals surface area (Å²) in [5.74, 6) is 0.905. The second kappa shape index (κ2) is 6.65. The van der Waals surface area contributed by atoms with Crippen molar-refractivity contribution in [1.29, 1.82) is 0 Å². The molecule has 0 atom stereocenters. The number of oxime groups is 1. The van der Waals surface area contributed by atoms with Gasteiger partial charge in [-0.2, -0.15) is 0 Å². The van der Waals surface area contributed by atoms with Crippen molar-refractivity contribution in [3.05, 3.63) is 33.9 Å². The number of rotatable bonds is 4. The molecule has 2 rings (SSSR count). The first-order valence-corrected chi connectivity index (χ1v) is 7.65. The van der Waals surface area contributed by atoms with E-state index in [0.717, 1.165) is 11.1 Å². The molecule has 0 radical (unpaired) electrons. The second-order valence-electron chi connectivity index (χ2n) is 5.74. The fourth-order valence-electron chi connectivity index (χ4n) is 2.97. The number of amidine groups is 1. The van der Waals surface area contributed by atoms with Crippen LogP contribution in [0.15, 0.2) is 32.8 Å². The van der Waals surface area contributed by atoms with Gasteiger partial charge in [0.1, 0.15) is 18.7 Å². The summed E-state index contributed by atoms with van der Waals surface area (Å²) in [5, 5.41) is 4.66. The zero-order chi connectivity index (χ0) is 18.1. The summed E-state index contributed by atoms with van der Waals surface area (Å²) < 4.78 is 5.33. The molecule has 7 heteroatoms. The Morgan fingerprint density at radius 2 is 1.96 bits per heavy atom. The molecule has 2 N–H and O–H groups in total. The van der Waals surface area contributed by atoms with E-state index in [1.165, 1.54) is 7.11 Å². The lowest BCUT2D eigenvalue weighted by molar-refractivity contribution is 0.210. The number of methoxy groups -OCH3 is 1. The first-order valence-electron chi connectivity index (χ1n) is 7.28. The lowest BCUT2D eigenvalue weighted by Crippen LogP contribution is -2.38. The van der Waals surface area contributed by atoms with E-state index >= 15 is 0 Å². The quantitative estimate of drug-likeness (QED) is 0.515. The Balaban J connectivity index is 3.01. The summed E-state index contributed by atoms with van der Waals surface area (Å²) in [5.41, 5.74) is 8.93. The molecule has 1 aromatic carbocycles. The van der Waals surface area contributed by atoms with Gasteiger partial charge in [0.15, 0.2) is 0 Å². The molecule has 0 amide bonds. The summed E-state index contributed by atoms with van der Waals surface area (Å²) in [7, 11) is 4.67. The molecule has 0 heterocycles. The van der Waals surface area contributed by atoms with Crippen LogP contribution in [0.5, 0.6) is 5.75 Å². The highest BCUT2D eigenvalue weighted by molar-refractivity contribution is 6.37. The normalized spacial score (nSPS) is 18.4. The molecule has 24 heavy (non-hydrogen) atoms. The molecule has 6 nitrogen and oxygen atoms in total. The molecule has 0 aliphatic heterocycles. The van der Waals surface area contributed by atoms with E-state index in [1.54, 1.807) is 20.2 Å². The number of hydrogen-bond acceptors (Lipinski definition) is 5. The predicted octanol–water partition coefficient (Wildman–Crippen LogP) is 3.14. The molecule has 0 saturated carbocycles. The Morgan fingerprint density at radius 3 is 2.46 bits per heavy atom. The van der Waals surface area contributed by atoms with Crippen molar-refractivity contribution >= 4 is 35.6 Å². The monoisotopic (exact) mass is 348 g/mol. The SMILES string of the molecule is C=NC1=C(C(N)=NC)C(C)(C)/C(=N\OC)c2c1ccc(OC)c2Cl. The topological polar surface area (TPSA) is 81.6 Å². The Kier molecular flexibility index (Phi) is 4.99. The van der Waals surface area contributed by atoms with Crippen molar-refractivity contribution in [1.82, 2.24) is 0 Å². The third-order valence-corrected chi connectivity index (χ3v) is 4.49. The minimum atomic E-state index is -0.640. The number of ether oxygens (including phenoxy) is 1. The largest absolute Gasteiger partial charge is 0.495 e. The zero-order valence-electron chi connectivity index (χ0n) is 14.5. The van der Waals surface area contributed by atoms with Crippen LogP contribution in [0.25, 0.3) is 5.70 Å². The molecule has 1 aliphatic carbocycles. The molecule has 0 aromatic heterocycles. The van der Waals surface area contributed by atoms with E-state index in [1.807, 2.05) is 19.9 Å². The summed E-state index contributed by atoms with van der Waals surface area (Å²) in [6.45, 7) is 7.62. The Morgan fingerprint density at radius 1 is 1.29 bits per heavy atom. The van der Waals surface area contributed by atoms with Gasteiger partial charge < -0.3 is 15.3 Å². The van der Waals surface area contributed by atoms with Gasteiger partial charge in [-0.3, -0.25) is 9.98 Å². The van der Waals surface area contributed by atoms with Crippen molar-refractivity contribution in [3.8, 4) is 5.75 Å². The number of nitrogens with two attached hydrogens (primary N) is 1. The van der Waals surface area contributed by atoms with Crippen LogP contribution in [0, 0.1) is 5.41 Å². The number of aliphatic imine (C=N–C) groups is 2. The zero-order valence-corrected chi connectivity index (χ0v) is 15.2. The minimum Gasteiger partial charge on any atom is -0.495 e. The first kappa shape index (κ1) is 18.0. The van der Waals surface area contributed by atoms with Crippen LogP contribution in [-0.4, -0.2) is 39.5 Å². The summed E-state index contributed by atoms with van der Waals surface area (Å²) >= 11 is 6.56. The summed E-state index contributed by atoms with van der Waals surface area (Å²) in [6, 6.07) is 3.62. The average Bonchev–Trinajstić information content (AvgIpc) is 2.56. The maximum absolute atomic E-state index is 6.56. The first-order chi connectivity index (χ1) is 11.3. The molecule has 0 unspecified atom stereocenters. The van der Waals surface area contributed by atoms with Crippen LogP contribution >= 0.6 is 11.6 Å². The van der Waals surface area contributed by atoms with Crippen LogP contribution in [0.3, 0.4) is 0 Å². The second-order valence-corrected chi connectivity index (χ2v) is 6.12. The fraction of sp³-hybridized carbons (Fsp3) is 0.353. The lowest BCUT2D eigenvalue weighted by Gasteiger charge is -2.36. The van der Waals surface area contributed by atoms with E-state index < -0.39 is 5.41 Å². The highest BCUT2D eigenvalue weighted by Gasteiger charge is 2.43. The molecule has 1 aliphatic rings. The fourth-order valence-corrected chi connectivity index (χ4v) is 3.31. The number of halogens is 1. The number of hydrogen-bond donors (Lipinski definition) is 1. The van der Waals surface area contributed by atoms with Crippen molar-refractivity contribution < 1.29 is 9.57 Å². The van der Waals surface area contributed by atoms with Crippen LogP contribution in [0.4, 0.5) is 0 Å². The maximum atomic E-state index is 6.56. The van der Waals surface area contributed by atoms with Crippen LogP contribution < -0.4 is 10.5 Å². The van der Waals surface area contributed by atoms with Gasteiger partial charge in [0.25, 0.3) is 0 Å². The highest BCUT2D eigenvalue weighted by atomic mass is 35.5. The Hall–Kier alpha value is -2.34. The smallest absolute Gasteiger partial charge is 0.138 e. The van der Waals surface area contributed by atoms with Crippen molar-refractivity contribution in [2.45, 2.75) is 13.8 Å². The number of nitrogens with zero attached hydrogens (tertiary/aromatic N) is 3. The van der Waals surface area contributed by atoms with Gasteiger partial charge in [-0.05, 0) is 32.7 Å². The molecule has 0 saturated heterocycles.